The maximum atomic E-state index is 13.6. The molecule has 0 fully saturated rings. The monoisotopic (exact) mass is 206 g/mol. The average Bonchev–Trinajstić information content (AvgIpc) is 2.47. The van der Waals surface area contributed by atoms with Crippen LogP contribution in [0.3, 0.4) is 0 Å². The van der Waals surface area contributed by atoms with Crippen LogP contribution in [0.25, 0.3) is 10.9 Å². The SMILES string of the molecule is CC(C)(N)Cc1c[nH]c2cccc(F)c12. The van der Waals surface area contributed by atoms with Crippen LogP contribution < -0.4 is 5.73 Å². The fourth-order valence-electron chi connectivity index (χ4n) is 1.84. The van der Waals surface area contributed by atoms with Gasteiger partial charge in [-0.25, -0.2) is 4.39 Å². The molecule has 2 nitrogen and oxygen atoms in total. The molecule has 0 radical (unpaired) electrons. The highest BCUT2D eigenvalue weighted by molar-refractivity contribution is 5.83. The Labute approximate surface area is 88.3 Å². The maximum Gasteiger partial charge on any atom is 0.132 e. The van der Waals surface area contributed by atoms with Gasteiger partial charge in [-0.05, 0) is 38.0 Å². The third-order valence-electron chi connectivity index (χ3n) is 2.38. The summed E-state index contributed by atoms with van der Waals surface area (Å²) >= 11 is 0. The van der Waals surface area contributed by atoms with E-state index < -0.39 is 0 Å². The highest BCUT2D eigenvalue weighted by Crippen LogP contribution is 2.24. The first kappa shape index (κ1) is 10.2. The van der Waals surface area contributed by atoms with Gasteiger partial charge in [0.2, 0.25) is 0 Å². The van der Waals surface area contributed by atoms with Crippen LogP contribution in [0.2, 0.25) is 0 Å². The molecular formula is C12H15FN2. The minimum atomic E-state index is -0.322. The smallest absolute Gasteiger partial charge is 0.132 e. The molecule has 1 aromatic heterocycles. The second kappa shape index (κ2) is 3.35. The van der Waals surface area contributed by atoms with Crippen LogP contribution >= 0.6 is 0 Å². The van der Waals surface area contributed by atoms with E-state index in [9.17, 15) is 4.39 Å². The first-order valence-electron chi connectivity index (χ1n) is 5.01. The van der Waals surface area contributed by atoms with E-state index in [0.29, 0.717) is 11.8 Å². The summed E-state index contributed by atoms with van der Waals surface area (Å²) in [6, 6.07) is 5.04. The number of aromatic nitrogens is 1. The van der Waals surface area contributed by atoms with E-state index in [1.54, 1.807) is 6.07 Å². The van der Waals surface area contributed by atoms with Gasteiger partial charge >= 0.3 is 0 Å². The lowest BCUT2D eigenvalue weighted by atomic mass is 9.96. The highest BCUT2D eigenvalue weighted by atomic mass is 19.1. The van der Waals surface area contributed by atoms with E-state index >= 15 is 0 Å². The van der Waals surface area contributed by atoms with Crippen molar-refractivity contribution in [2.75, 3.05) is 0 Å². The van der Waals surface area contributed by atoms with Gasteiger partial charge in [0.1, 0.15) is 5.82 Å². The predicted molar refractivity (Wildman–Crippen MR) is 60.2 cm³/mol. The van der Waals surface area contributed by atoms with Crippen LogP contribution in [0.15, 0.2) is 24.4 Å². The van der Waals surface area contributed by atoms with Gasteiger partial charge < -0.3 is 10.7 Å². The largest absolute Gasteiger partial charge is 0.361 e. The van der Waals surface area contributed by atoms with Crippen LogP contribution in [0.5, 0.6) is 0 Å². The zero-order valence-electron chi connectivity index (χ0n) is 8.97. The van der Waals surface area contributed by atoms with E-state index in [1.807, 2.05) is 26.1 Å². The summed E-state index contributed by atoms with van der Waals surface area (Å²) in [4.78, 5) is 3.06. The van der Waals surface area contributed by atoms with Crippen molar-refractivity contribution < 1.29 is 4.39 Å². The molecule has 3 N–H and O–H groups in total. The van der Waals surface area contributed by atoms with Crippen LogP contribution in [-0.4, -0.2) is 10.5 Å². The molecule has 0 aliphatic carbocycles. The second-order valence-corrected chi connectivity index (χ2v) is 4.64. The lowest BCUT2D eigenvalue weighted by Gasteiger charge is -2.17. The van der Waals surface area contributed by atoms with Crippen molar-refractivity contribution in [2.45, 2.75) is 25.8 Å². The molecule has 15 heavy (non-hydrogen) atoms. The van der Waals surface area contributed by atoms with Gasteiger partial charge in [0.15, 0.2) is 0 Å². The van der Waals surface area contributed by atoms with Crippen LogP contribution in [-0.2, 0) is 6.42 Å². The molecule has 1 aromatic carbocycles. The van der Waals surface area contributed by atoms with E-state index in [0.717, 1.165) is 11.1 Å². The molecule has 0 spiro atoms. The Bertz CT molecular complexity index is 480. The summed E-state index contributed by atoms with van der Waals surface area (Å²) < 4.78 is 13.6. The van der Waals surface area contributed by atoms with Crippen molar-refractivity contribution in [3.63, 3.8) is 0 Å². The van der Waals surface area contributed by atoms with E-state index in [2.05, 4.69) is 4.98 Å². The first-order valence-corrected chi connectivity index (χ1v) is 5.01. The highest BCUT2D eigenvalue weighted by Gasteiger charge is 2.16. The van der Waals surface area contributed by atoms with Crippen molar-refractivity contribution >= 4 is 10.9 Å². The van der Waals surface area contributed by atoms with Gasteiger partial charge in [0.05, 0.1) is 0 Å². The standard InChI is InChI=1S/C12H15FN2/c1-12(2,14)6-8-7-15-10-5-3-4-9(13)11(8)10/h3-5,7,15H,6,14H2,1-2H3. The molecule has 1 heterocycles. The van der Waals surface area contributed by atoms with Crippen molar-refractivity contribution in [1.29, 1.82) is 0 Å². The Morgan fingerprint density at radius 1 is 1.40 bits per heavy atom. The molecule has 0 aliphatic heterocycles. The molecule has 80 valence electrons. The third kappa shape index (κ3) is 2.02. The molecule has 3 heteroatoms. The molecule has 0 bridgehead atoms. The summed E-state index contributed by atoms with van der Waals surface area (Å²) in [5, 5.41) is 0.663. The van der Waals surface area contributed by atoms with Gasteiger partial charge in [0.25, 0.3) is 0 Å². The third-order valence-corrected chi connectivity index (χ3v) is 2.38. The molecule has 0 amide bonds. The fourth-order valence-corrected chi connectivity index (χ4v) is 1.84. The lowest BCUT2D eigenvalue weighted by Crippen LogP contribution is -2.34. The van der Waals surface area contributed by atoms with Gasteiger partial charge in [0, 0.05) is 22.6 Å². The topological polar surface area (TPSA) is 41.8 Å². The maximum absolute atomic E-state index is 13.6. The summed E-state index contributed by atoms with van der Waals surface area (Å²) in [7, 11) is 0. The number of nitrogens with one attached hydrogen (secondary N) is 1. The number of hydrogen-bond donors (Lipinski definition) is 2. The molecule has 0 atom stereocenters. The number of benzene rings is 1. The average molecular weight is 206 g/mol. The lowest BCUT2D eigenvalue weighted by molar-refractivity contribution is 0.517. The Balaban J connectivity index is 2.53. The summed E-state index contributed by atoms with van der Waals surface area (Å²) in [6.07, 6.45) is 2.50. The molecule has 0 aliphatic rings. The van der Waals surface area contributed by atoms with Gasteiger partial charge in [-0.15, -0.1) is 0 Å². The number of rotatable bonds is 2. The molecular weight excluding hydrogens is 191 g/mol. The number of nitrogens with two attached hydrogens (primary N) is 1. The second-order valence-electron chi connectivity index (χ2n) is 4.64. The minimum Gasteiger partial charge on any atom is -0.361 e. The molecule has 2 rings (SSSR count). The summed E-state index contributed by atoms with van der Waals surface area (Å²) in [6.45, 7) is 3.87. The summed E-state index contributed by atoms with van der Waals surface area (Å²) in [5.41, 5.74) is 7.38. The number of fused-ring (bicyclic) bond motifs is 1. The number of H-pyrrole nitrogens is 1. The van der Waals surface area contributed by atoms with Crippen molar-refractivity contribution in [3.8, 4) is 0 Å². The first-order chi connectivity index (χ1) is 6.97. The molecule has 0 saturated carbocycles. The van der Waals surface area contributed by atoms with Gasteiger partial charge in [-0.2, -0.15) is 0 Å². The zero-order valence-corrected chi connectivity index (χ0v) is 8.97. The van der Waals surface area contributed by atoms with Gasteiger partial charge in [-0.3, -0.25) is 0 Å². The summed E-state index contributed by atoms with van der Waals surface area (Å²) in [5.74, 6) is -0.187. The normalized spacial score (nSPS) is 12.3. The van der Waals surface area contributed by atoms with Crippen LogP contribution in [0.4, 0.5) is 4.39 Å². The quantitative estimate of drug-likeness (QED) is 0.779. The van der Waals surface area contributed by atoms with E-state index in [-0.39, 0.29) is 11.4 Å². The Morgan fingerprint density at radius 3 is 2.80 bits per heavy atom. The van der Waals surface area contributed by atoms with E-state index in [1.165, 1.54) is 6.07 Å². The van der Waals surface area contributed by atoms with Crippen molar-refractivity contribution in [2.24, 2.45) is 5.73 Å². The number of halogens is 1. The van der Waals surface area contributed by atoms with Crippen molar-refractivity contribution in [3.05, 3.63) is 35.8 Å². The minimum absolute atomic E-state index is 0.187. The number of aromatic amines is 1. The Hall–Kier alpha value is -1.35. The zero-order chi connectivity index (χ0) is 11.1. The van der Waals surface area contributed by atoms with Crippen LogP contribution in [0.1, 0.15) is 19.4 Å². The van der Waals surface area contributed by atoms with Gasteiger partial charge in [-0.1, -0.05) is 6.07 Å². The van der Waals surface area contributed by atoms with Crippen molar-refractivity contribution in [1.82, 2.24) is 4.98 Å². The molecule has 0 saturated heterocycles. The van der Waals surface area contributed by atoms with Crippen LogP contribution in [0, 0.1) is 5.82 Å². The number of hydrogen-bond acceptors (Lipinski definition) is 1. The Morgan fingerprint density at radius 2 is 2.13 bits per heavy atom. The van der Waals surface area contributed by atoms with E-state index in [4.69, 9.17) is 5.73 Å². The molecule has 2 aromatic rings. The molecule has 0 unspecified atom stereocenters. The fraction of sp³-hybridized carbons (Fsp3) is 0.333. The predicted octanol–water partition coefficient (Wildman–Crippen LogP) is 2.59. The Kier molecular flexibility index (Phi) is 2.27.